The predicted octanol–water partition coefficient (Wildman–Crippen LogP) is 2.68. The van der Waals surface area contributed by atoms with Crippen molar-refractivity contribution in [3.8, 4) is 0 Å². The maximum atomic E-state index is 12.5. The summed E-state index contributed by atoms with van der Waals surface area (Å²) >= 11 is 0. The Kier molecular flexibility index (Phi) is 6.66. The van der Waals surface area contributed by atoms with Crippen LogP contribution in [0.25, 0.3) is 0 Å². The van der Waals surface area contributed by atoms with Crippen molar-refractivity contribution in [3.63, 3.8) is 0 Å². The van der Waals surface area contributed by atoms with Crippen LogP contribution in [0.5, 0.6) is 0 Å². The average Bonchev–Trinajstić information content (AvgIpc) is 3.15. The molecule has 2 aromatic carbocycles. The zero-order valence-corrected chi connectivity index (χ0v) is 19.0. The van der Waals surface area contributed by atoms with Gasteiger partial charge in [-0.2, -0.15) is 4.31 Å². The standard InChI is InChI=1S/C22H28N4O4S/c1-15(2)25(4)31(29,30)20-8-5-18(6-9-20)23-14-22(28)24-19-7-10-21-17(13-19)11-12-26(21)16(3)27/h5-10,13,15,23H,11-12,14H2,1-4H3,(H,24,28). The molecule has 0 radical (unpaired) electrons. The van der Waals surface area contributed by atoms with E-state index in [2.05, 4.69) is 10.6 Å². The number of benzene rings is 2. The van der Waals surface area contributed by atoms with Crippen LogP contribution in [0.1, 0.15) is 26.3 Å². The van der Waals surface area contributed by atoms with Crippen molar-refractivity contribution in [2.45, 2.75) is 38.1 Å². The predicted molar refractivity (Wildman–Crippen MR) is 122 cm³/mol. The molecule has 1 heterocycles. The molecule has 166 valence electrons. The zero-order valence-electron chi connectivity index (χ0n) is 18.2. The number of anilines is 3. The molecule has 0 saturated carbocycles. The number of nitrogens with one attached hydrogen (secondary N) is 2. The summed E-state index contributed by atoms with van der Waals surface area (Å²) in [7, 11) is -1.99. The second-order valence-electron chi connectivity index (χ2n) is 7.81. The summed E-state index contributed by atoms with van der Waals surface area (Å²) in [5, 5.41) is 5.84. The van der Waals surface area contributed by atoms with E-state index in [9.17, 15) is 18.0 Å². The van der Waals surface area contributed by atoms with E-state index in [1.165, 1.54) is 16.4 Å². The van der Waals surface area contributed by atoms with Crippen LogP contribution in [-0.4, -0.2) is 50.7 Å². The highest BCUT2D eigenvalue weighted by Crippen LogP contribution is 2.30. The van der Waals surface area contributed by atoms with Crippen molar-refractivity contribution < 1.29 is 18.0 Å². The van der Waals surface area contributed by atoms with E-state index in [0.717, 1.165) is 17.7 Å². The van der Waals surface area contributed by atoms with Gasteiger partial charge in [0.05, 0.1) is 11.4 Å². The molecule has 0 spiro atoms. The van der Waals surface area contributed by atoms with Crippen LogP contribution in [0, 0.1) is 0 Å². The first-order valence-corrected chi connectivity index (χ1v) is 11.6. The third kappa shape index (κ3) is 5.05. The number of hydrogen-bond donors (Lipinski definition) is 2. The summed E-state index contributed by atoms with van der Waals surface area (Å²) < 4.78 is 26.3. The average molecular weight is 445 g/mol. The largest absolute Gasteiger partial charge is 0.376 e. The maximum absolute atomic E-state index is 12.5. The molecule has 3 rings (SSSR count). The Morgan fingerprint density at radius 1 is 1.10 bits per heavy atom. The lowest BCUT2D eigenvalue weighted by Crippen LogP contribution is -2.33. The highest BCUT2D eigenvalue weighted by atomic mass is 32.2. The Balaban J connectivity index is 1.58. The first-order valence-electron chi connectivity index (χ1n) is 10.1. The van der Waals surface area contributed by atoms with E-state index in [-0.39, 0.29) is 29.3 Å². The Morgan fingerprint density at radius 3 is 2.35 bits per heavy atom. The Bertz CT molecular complexity index is 1080. The molecule has 1 aliphatic rings. The van der Waals surface area contributed by atoms with Crippen molar-refractivity contribution in [1.29, 1.82) is 0 Å². The van der Waals surface area contributed by atoms with Gasteiger partial charge >= 0.3 is 0 Å². The molecule has 0 atom stereocenters. The third-order valence-electron chi connectivity index (χ3n) is 5.35. The number of rotatable bonds is 7. The van der Waals surface area contributed by atoms with Gasteiger partial charge in [-0.3, -0.25) is 9.59 Å². The molecular formula is C22H28N4O4S. The number of sulfonamides is 1. The van der Waals surface area contributed by atoms with Crippen LogP contribution in [0.2, 0.25) is 0 Å². The second kappa shape index (κ2) is 9.07. The molecule has 31 heavy (non-hydrogen) atoms. The molecular weight excluding hydrogens is 416 g/mol. The fourth-order valence-corrected chi connectivity index (χ4v) is 4.75. The van der Waals surface area contributed by atoms with Crippen LogP contribution < -0.4 is 15.5 Å². The molecule has 0 bridgehead atoms. The van der Waals surface area contributed by atoms with Crippen LogP contribution in [0.3, 0.4) is 0 Å². The lowest BCUT2D eigenvalue weighted by Gasteiger charge is -2.21. The maximum Gasteiger partial charge on any atom is 0.243 e. The molecule has 0 aromatic heterocycles. The summed E-state index contributed by atoms with van der Waals surface area (Å²) in [5.41, 5.74) is 3.24. The van der Waals surface area contributed by atoms with E-state index >= 15 is 0 Å². The Hall–Kier alpha value is -2.91. The van der Waals surface area contributed by atoms with E-state index in [1.807, 2.05) is 26.0 Å². The van der Waals surface area contributed by atoms with Crippen LogP contribution in [0.4, 0.5) is 17.1 Å². The smallest absolute Gasteiger partial charge is 0.243 e. The number of carbonyl (C=O) groups excluding carboxylic acids is 2. The fourth-order valence-electron chi connectivity index (χ4n) is 3.38. The monoisotopic (exact) mass is 444 g/mol. The van der Waals surface area contributed by atoms with E-state index in [4.69, 9.17) is 0 Å². The van der Waals surface area contributed by atoms with E-state index < -0.39 is 10.0 Å². The van der Waals surface area contributed by atoms with Crippen molar-refractivity contribution >= 4 is 38.9 Å². The number of fused-ring (bicyclic) bond motifs is 1. The molecule has 9 heteroatoms. The summed E-state index contributed by atoms with van der Waals surface area (Å²) in [4.78, 5) is 25.9. The molecule has 0 saturated heterocycles. The third-order valence-corrected chi connectivity index (χ3v) is 7.40. The molecule has 2 aromatic rings. The van der Waals surface area contributed by atoms with Gasteiger partial charge in [-0.15, -0.1) is 0 Å². The van der Waals surface area contributed by atoms with Crippen LogP contribution >= 0.6 is 0 Å². The number of nitrogens with zero attached hydrogens (tertiary/aromatic N) is 2. The van der Waals surface area contributed by atoms with Crippen LogP contribution in [0.15, 0.2) is 47.4 Å². The molecule has 8 nitrogen and oxygen atoms in total. The molecule has 0 aliphatic carbocycles. The SMILES string of the molecule is CC(=O)N1CCc2cc(NC(=O)CNc3ccc(S(=O)(=O)N(C)C(C)C)cc3)ccc21. The van der Waals surface area contributed by atoms with Gasteiger partial charge < -0.3 is 15.5 Å². The lowest BCUT2D eigenvalue weighted by atomic mass is 10.1. The Labute approximate surface area is 183 Å². The second-order valence-corrected chi connectivity index (χ2v) is 9.80. The van der Waals surface area contributed by atoms with Gasteiger partial charge in [0.1, 0.15) is 0 Å². The highest BCUT2D eigenvalue weighted by Gasteiger charge is 2.23. The van der Waals surface area contributed by atoms with Crippen molar-refractivity contribution in [2.24, 2.45) is 0 Å². The molecule has 2 N–H and O–H groups in total. The topological polar surface area (TPSA) is 98.8 Å². The number of hydrogen-bond acceptors (Lipinski definition) is 5. The van der Waals surface area contributed by atoms with E-state index in [0.29, 0.717) is 17.9 Å². The van der Waals surface area contributed by atoms with Gasteiger partial charge in [0, 0.05) is 43.6 Å². The first kappa shape index (κ1) is 22.8. The minimum Gasteiger partial charge on any atom is -0.376 e. The zero-order chi connectivity index (χ0) is 22.8. The molecule has 1 aliphatic heterocycles. The highest BCUT2D eigenvalue weighted by molar-refractivity contribution is 7.89. The van der Waals surface area contributed by atoms with Gasteiger partial charge in [-0.1, -0.05) is 0 Å². The van der Waals surface area contributed by atoms with Crippen molar-refractivity contribution in [2.75, 3.05) is 35.7 Å². The lowest BCUT2D eigenvalue weighted by molar-refractivity contribution is -0.116. The van der Waals surface area contributed by atoms with Crippen molar-refractivity contribution in [1.82, 2.24) is 4.31 Å². The minimum atomic E-state index is -3.54. The summed E-state index contributed by atoms with van der Waals surface area (Å²) in [6.45, 7) is 5.86. The van der Waals surface area contributed by atoms with Crippen LogP contribution in [-0.2, 0) is 26.0 Å². The summed E-state index contributed by atoms with van der Waals surface area (Å²) in [6, 6.07) is 11.7. The summed E-state index contributed by atoms with van der Waals surface area (Å²) in [5.74, 6) is -0.216. The van der Waals surface area contributed by atoms with Gasteiger partial charge in [-0.25, -0.2) is 8.42 Å². The molecule has 0 fully saturated rings. The van der Waals surface area contributed by atoms with Gasteiger partial charge in [-0.05, 0) is 68.3 Å². The Morgan fingerprint density at radius 2 is 1.74 bits per heavy atom. The van der Waals surface area contributed by atoms with Gasteiger partial charge in [0.15, 0.2) is 0 Å². The van der Waals surface area contributed by atoms with Gasteiger partial charge in [0.25, 0.3) is 0 Å². The van der Waals surface area contributed by atoms with Crippen molar-refractivity contribution in [3.05, 3.63) is 48.0 Å². The number of amides is 2. The fraction of sp³-hybridized carbons (Fsp3) is 0.364. The van der Waals surface area contributed by atoms with E-state index in [1.54, 1.807) is 37.1 Å². The first-order chi connectivity index (χ1) is 14.6. The number of carbonyl (C=O) groups is 2. The normalized spacial score (nSPS) is 13.4. The molecule has 0 unspecified atom stereocenters. The summed E-state index contributed by atoms with van der Waals surface area (Å²) in [6.07, 6.45) is 0.762. The van der Waals surface area contributed by atoms with Gasteiger partial charge in [0.2, 0.25) is 21.8 Å². The minimum absolute atomic E-state index is 0.00871. The quantitative estimate of drug-likeness (QED) is 0.684. The molecule has 2 amide bonds.